The van der Waals surface area contributed by atoms with E-state index in [9.17, 15) is 9.59 Å². The van der Waals surface area contributed by atoms with Crippen molar-refractivity contribution < 1.29 is 23.8 Å². The highest BCUT2D eigenvalue weighted by Gasteiger charge is 2.31. The summed E-state index contributed by atoms with van der Waals surface area (Å²) in [4.78, 5) is 24.0. The van der Waals surface area contributed by atoms with Crippen LogP contribution in [0, 0.1) is 0 Å². The van der Waals surface area contributed by atoms with Gasteiger partial charge in [0, 0.05) is 6.54 Å². The summed E-state index contributed by atoms with van der Waals surface area (Å²) in [6.45, 7) is 1.16. The number of carbonyl (C=O) groups is 2. The Hall–Kier alpha value is -1.82. The van der Waals surface area contributed by atoms with E-state index in [4.69, 9.17) is 14.3 Å². The summed E-state index contributed by atoms with van der Waals surface area (Å²) in [5, 5.41) is 8.66. The first kappa shape index (κ1) is 11.7. The summed E-state index contributed by atoms with van der Waals surface area (Å²) in [5.74, 6) is -0.660. The Labute approximate surface area is 97.8 Å². The number of rotatable bonds is 4. The molecule has 1 unspecified atom stereocenters. The zero-order valence-corrected chi connectivity index (χ0v) is 9.17. The van der Waals surface area contributed by atoms with Crippen molar-refractivity contribution >= 4 is 11.9 Å². The summed E-state index contributed by atoms with van der Waals surface area (Å²) < 4.78 is 10.3. The predicted octanol–water partition coefficient (Wildman–Crippen LogP) is 0.482. The average Bonchev–Trinajstić information content (AvgIpc) is 2.76. The van der Waals surface area contributed by atoms with Crippen LogP contribution in [0.5, 0.6) is 0 Å². The molecule has 2 heterocycles. The van der Waals surface area contributed by atoms with Gasteiger partial charge >= 0.3 is 5.97 Å². The number of nitrogens with zero attached hydrogens (tertiary/aromatic N) is 1. The Balaban J connectivity index is 1.98. The molecule has 0 aromatic carbocycles. The van der Waals surface area contributed by atoms with E-state index in [0.29, 0.717) is 25.5 Å². The van der Waals surface area contributed by atoms with Crippen molar-refractivity contribution in [2.75, 3.05) is 13.2 Å². The van der Waals surface area contributed by atoms with Crippen molar-refractivity contribution in [2.24, 2.45) is 0 Å². The number of carboxylic acids is 1. The summed E-state index contributed by atoms with van der Waals surface area (Å²) in [6, 6.07) is 3.52. The van der Waals surface area contributed by atoms with E-state index in [0.717, 1.165) is 0 Å². The van der Waals surface area contributed by atoms with Crippen LogP contribution >= 0.6 is 0 Å². The van der Waals surface area contributed by atoms with Gasteiger partial charge < -0.3 is 19.2 Å². The van der Waals surface area contributed by atoms with Crippen molar-refractivity contribution in [2.45, 2.75) is 19.1 Å². The molecule has 1 aliphatic rings. The predicted molar refractivity (Wildman–Crippen MR) is 56.1 cm³/mol. The topological polar surface area (TPSA) is 80.0 Å². The van der Waals surface area contributed by atoms with E-state index in [1.165, 1.54) is 6.26 Å². The maximum Gasteiger partial charge on any atom is 0.306 e. The Morgan fingerprint density at radius 3 is 3.06 bits per heavy atom. The van der Waals surface area contributed by atoms with Crippen LogP contribution in [0.2, 0.25) is 0 Å². The molecule has 1 saturated heterocycles. The monoisotopic (exact) mass is 239 g/mol. The number of furan rings is 1. The molecule has 0 aliphatic carbocycles. The number of carboxylic acid groups (broad SMARTS) is 1. The Morgan fingerprint density at radius 2 is 2.41 bits per heavy atom. The van der Waals surface area contributed by atoms with Gasteiger partial charge in [-0.25, -0.2) is 0 Å². The van der Waals surface area contributed by atoms with Gasteiger partial charge in [0.05, 0.1) is 25.8 Å². The Kier molecular flexibility index (Phi) is 3.43. The van der Waals surface area contributed by atoms with E-state index in [-0.39, 0.29) is 12.3 Å². The molecule has 1 aliphatic heterocycles. The fourth-order valence-corrected chi connectivity index (χ4v) is 1.74. The molecule has 6 nitrogen and oxygen atoms in total. The second-order valence-corrected chi connectivity index (χ2v) is 3.80. The highest BCUT2D eigenvalue weighted by atomic mass is 16.5. The molecule has 1 aromatic heterocycles. The normalized spacial score (nSPS) is 20.6. The molecule has 2 rings (SSSR count). The molecule has 92 valence electrons. The molecule has 1 amide bonds. The van der Waals surface area contributed by atoms with E-state index < -0.39 is 12.1 Å². The van der Waals surface area contributed by atoms with E-state index in [2.05, 4.69) is 0 Å². The van der Waals surface area contributed by atoms with E-state index in [1.807, 2.05) is 0 Å². The zero-order valence-electron chi connectivity index (χ0n) is 9.17. The first-order valence-electron chi connectivity index (χ1n) is 5.31. The van der Waals surface area contributed by atoms with Gasteiger partial charge in [-0.05, 0) is 12.1 Å². The average molecular weight is 239 g/mol. The van der Waals surface area contributed by atoms with Gasteiger partial charge in [0.15, 0.2) is 0 Å². The minimum absolute atomic E-state index is 0.296. The third-order valence-electron chi connectivity index (χ3n) is 2.55. The number of amides is 1. The van der Waals surface area contributed by atoms with Gasteiger partial charge in [0.2, 0.25) is 0 Å². The zero-order chi connectivity index (χ0) is 12.3. The quantitative estimate of drug-likeness (QED) is 0.826. The molecule has 1 aromatic rings. The van der Waals surface area contributed by atoms with Crippen LogP contribution in [0.4, 0.5) is 0 Å². The fourth-order valence-electron chi connectivity index (χ4n) is 1.74. The molecule has 1 atom stereocenters. The molecule has 0 spiro atoms. The lowest BCUT2D eigenvalue weighted by molar-refractivity contribution is -0.160. The number of ether oxygens (including phenoxy) is 1. The lowest BCUT2D eigenvalue weighted by Crippen LogP contribution is -2.47. The molecule has 1 N–H and O–H groups in total. The number of hydrogen-bond acceptors (Lipinski definition) is 4. The maximum atomic E-state index is 11.9. The van der Waals surface area contributed by atoms with Crippen LogP contribution in [0.3, 0.4) is 0 Å². The molecule has 0 bridgehead atoms. The minimum Gasteiger partial charge on any atom is -0.481 e. The second-order valence-electron chi connectivity index (χ2n) is 3.80. The first-order valence-corrected chi connectivity index (χ1v) is 5.31. The summed E-state index contributed by atoms with van der Waals surface area (Å²) in [5.41, 5.74) is 0. The van der Waals surface area contributed by atoms with Crippen molar-refractivity contribution in [1.29, 1.82) is 0 Å². The number of carbonyl (C=O) groups excluding carboxylic acids is 1. The standard InChI is InChI=1S/C11H13NO5/c13-10(14)6-9-11(15)12(3-5-17-9)7-8-2-1-4-16-8/h1-2,4,9H,3,5-7H2,(H,13,14). The summed E-state index contributed by atoms with van der Waals surface area (Å²) in [7, 11) is 0. The molecule has 0 radical (unpaired) electrons. The van der Waals surface area contributed by atoms with Gasteiger partial charge in [0.1, 0.15) is 11.9 Å². The van der Waals surface area contributed by atoms with Crippen LogP contribution in [0.15, 0.2) is 22.8 Å². The Morgan fingerprint density at radius 1 is 1.59 bits per heavy atom. The van der Waals surface area contributed by atoms with E-state index >= 15 is 0 Å². The van der Waals surface area contributed by atoms with Gasteiger partial charge in [-0.3, -0.25) is 9.59 Å². The molecular weight excluding hydrogens is 226 g/mol. The molecule has 1 fully saturated rings. The number of morpholine rings is 1. The van der Waals surface area contributed by atoms with Crippen molar-refractivity contribution in [3.63, 3.8) is 0 Å². The molecule has 17 heavy (non-hydrogen) atoms. The molecule has 6 heteroatoms. The SMILES string of the molecule is O=C(O)CC1OCCN(Cc2ccco2)C1=O. The number of aliphatic carboxylic acids is 1. The van der Waals surface area contributed by atoms with Crippen molar-refractivity contribution in [3.8, 4) is 0 Å². The van der Waals surface area contributed by atoms with Crippen LogP contribution in [-0.2, 0) is 20.9 Å². The van der Waals surface area contributed by atoms with Gasteiger partial charge in [-0.2, -0.15) is 0 Å². The van der Waals surface area contributed by atoms with Crippen LogP contribution in [0.1, 0.15) is 12.2 Å². The van der Waals surface area contributed by atoms with Gasteiger partial charge in [0.25, 0.3) is 5.91 Å². The highest BCUT2D eigenvalue weighted by Crippen LogP contribution is 2.14. The highest BCUT2D eigenvalue weighted by molar-refractivity contribution is 5.85. The van der Waals surface area contributed by atoms with Gasteiger partial charge in [-0.15, -0.1) is 0 Å². The lowest BCUT2D eigenvalue weighted by Gasteiger charge is -2.31. The van der Waals surface area contributed by atoms with E-state index in [1.54, 1.807) is 17.0 Å². The third kappa shape index (κ3) is 2.85. The van der Waals surface area contributed by atoms with Crippen LogP contribution < -0.4 is 0 Å². The second kappa shape index (κ2) is 5.01. The van der Waals surface area contributed by atoms with Crippen molar-refractivity contribution in [1.82, 2.24) is 4.90 Å². The largest absolute Gasteiger partial charge is 0.481 e. The maximum absolute atomic E-state index is 11.9. The van der Waals surface area contributed by atoms with Crippen LogP contribution in [0.25, 0.3) is 0 Å². The van der Waals surface area contributed by atoms with Gasteiger partial charge in [-0.1, -0.05) is 0 Å². The van der Waals surface area contributed by atoms with Crippen molar-refractivity contribution in [3.05, 3.63) is 24.2 Å². The van der Waals surface area contributed by atoms with Crippen LogP contribution in [-0.4, -0.2) is 41.1 Å². The smallest absolute Gasteiger partial charge is 0.306 e. The number of hydrogen-bond donors (Lipinski definition) is 1. The summed E-state index contributed by atoms with van der Waals surface area (Å²) >= 11 is 0. The lowest BCUT2D eigenvalue weighted by atomic mass is 10.2. The first-order chi connectivity index (χ1) is 8.16. The molecule has 0 saturated carbocycles. The summed E-state index contributed by atoms with van der Waals surface area (Å²) in [6.07, 6.45) is 0.360. The fraction of sp³-hybridized carbons (Fsp3) is 0.455. The Bertz CT molecular complexity index is 400. The minimum atomic E-state index is -1.04. The third-order valence-corrected chi connectivity index (χ3v) is 2.55. The molecular formula is C11H13NO5.